The number of hydrogen-bond acceptors (Lipinski definition) is 3. The summed E-state index contributed by atoms with van der Waals surface area (Å²) in [6.45, 7) is 0.990. The van der Waals surface area contributed by atoms with Crippen LogP contribution in [0.2, 0.25) is 0 Å². The van der Waals surface area contributed by atoms with Crippen molar-refractivity contribution in [3.05, 3.63) is 24.3 Å². The first-order valence-electron chi connectivity index (χ1n) is 4.81. The molecule has 0 unspecified atom stereocenters. The minimum atomic E-state index is -4.67. The molecule has 0 aliphatic heterocycles. The van der Waals surface area contributed by atoms with Gasteiger partial charge in [-0.3, -0.25) is 0 Å². The van der Waals surface area contributed by atoms with Crippen LogP contribution < -0.4 is 15.8 Å². The van der Waals surface area contributed by atoms with Gasteiger partial charge in [-0.1, -0.05) is 12.1 Å². The maximum absolute atomic E-state index is 12.0. The monoisotopic (exact) mass is 234 g/mol. The average molecular weight is 234 g/mol. The van der Waals surface area contributed by atoms with Crippen molar-refractivity contribution in [1.82, 2.24) is 0 Å². The van der Waals surface area contributed by atoms with Crippen molar-refractivity contribution >= 4 is 5.69 Å². The molecule has 1 aromatic rings. The molecule has 0 saturated carbocycles. The number of alkyl halides is 3. The van der Waals surface area contributed by atoms with E-state index in [1.807, 2.05) is 0 Å². The van der Waals surface area contributed by atoms with Crippen molar-refractivity contribution in [3.63, 3.8) is 0 Å². The van der Waals surface area contributed by atoms with Crippen LogP contribution in [0, 0.1) is 0 Å². The maximum atomic E-state index is 12.0. The number of nitrogens with two attached hydrogens (primary N) is 1. The van der Waals surface area contributed by atoms with Crippen molar-refractivity contribution in [1.29, 1.82) is 0 Å². The SMILES string of the molecule is NCCCNc1ccccc1OC(F)(F)F. The third kappa shape index (κ3) is 4.39. The van der Waals surface area contributed by atoms with E-state index in [2.05, 4.69) is 10.1 Å². The van der Waals surface area contributed by atoms with E-state index >= 15 is 0 Å². The molecule has 90 valence electrons. The van der Waals surface area contributed by atoms with Crippen LogP contribution in [0.1, 0.15) is 6.42 Å². The quantitative estimate of drug-likeness (QED) is 0.769. The van der Waals surface area contributed by atoms with Gasteiger partial charge in [0.15, 0.2) is 5.75 Å². The Balaban J connectivity index is 2.68. The smallest absolute Gasteiger partial charge is 0.404 e. The summed E-state index contributed by atoms with van der Waals surface area (Å²) < 4.78 is 40.0. The Bertz CT molecular complexity index is 328. The van der Waals surface area contributed by atoms with Crippen LogP contribution in [0.25, 0.3) is 0 Å². The number of ether oxygens (including phenoxy) is 1. The first-order valence-corrected chi connectivity index (χ1v) is 4.81. The number of halogens is 3. The molecular formula is C10H13F3N2O. The van der Waals surface area contributed by atoms with E-state index in [4.69, 9.17) is 5.73 Å². The fourth-order valence-corrected chi connectivity index (χ4v) is 1.15. The molecule has 0 aliphatic carbocycles. The second kappa shape index (κ2) is 5.60. The van der Waals surface area contributed by atoms with Gasteiger partial charge in [-0.15, -0.1) is 13.2 Å². The van der Waals surface area contributed by atoms with E-state index in [1.165, 1.54) is 18.2 Å². The minimum Gasteiger partial charge on any atom is -0.404 e. The topological polar surface area (TPSA) is 47.3 Å². The maximum Gasteiger partial charge on any atom is 0.573 e. The molecule has 0 radical (unpaired) electrons. The highest BCUT2D eigenvalue weighted by molar-refractivity contribution is 5.56. The van der Waals surface area contributed by atoms with Crippen molar-refractivity contribution in [2.24, 2.45) is 5.73 Å². The molecule has 0 aliphatic rings. The fourth-order valence-electron chi connectivity index (χ4n) is 1.15. The molecule has 3 N–H and O–H groups in total. The predicted molar refractivity (Wildman–Crippen MR) is 55.3 cm³/mol. The molecule has 1 aromatic carbocycles. The molecule has 6 heteroatoms. The second-order valence-corrected chi connectivity index (χ2v) is 3.11. The molecule has 0 heterocycles. The standard InChI is InChI=1S/C10H13F3N2O/c11-10(12,13)16-9-5-2-1-4-8(9)15-7-3-6-14/h1-2,4-5,15H,3,6-7,14H2. The Labute approximate surface area is 91.4 Å². The number of benzene rings is 1. The summed E-state index contributed by atoms with van der Waals surface area (Å²) in [5.41, 5.74) is 5.59. The Kier molecular flexibility index (Phi) is 4.42. The lowest BCUT2D eigenvalue weighted by molar-refractivity contribution is -0.274. The van der Waals surface area contributed by atoms with E-state index in [0.717, 1.165) is 0 Å². The summed E-state index contributed by atoms with van der Waals surface area (Å²) >= 11 is 0. The summed E-state index contributed by atoms with van der Waals surface area (Å²) in [4.78, 5) is 0. The Morgan fingerprint density at radius 2 is 1.94 bits per heavy atom. The zero-order valence-electron chi connectivity index (χ0n) is 8.55. The number of rotatable bonds is 5. The molecular weight excluding hydrogens is 221 g/mol. The number of para-hydroxylation sites is 2. The molecule has 1 rings (SSSR count). The van der Waals surface area contributed by atoms with Gasteiger partial charge in [0.1, 0.15) is 0 Å². The van der Waals surface area contributed by atoms with Gasteiger partial charge in [0.2, 0.25) is 0 Å². The number of hydrogen-bond donors (Lipinski definition) is 2. The molecule has 0 amide bonds. The van der Waals surface area contributed by atoms with Gasteiger partial charge in [0.25, 0.3) is 0 Å². The van der Waals surface area contributed by atoms with Gasteiger partial charge < -0.3 is 15.8 Å². The molecule has 0 atom stereocenters. The fraction of sp³-hybridized carbons (Fsp3) is 0.400. The third-order valence-electron chi connectivity index (χ3n) is 1.81. The molecule has 3 nitrogen and oxygen atoms in total. The van der Waals surface area contributed by atoms with E-state index in [1.54, 1.807) is 6.07 Å². The number of nitrogens with one attached hydrogen (secondary N) is 1. The summed E-state index contributed by atoms with van der Waals surface area (Å²) in [6, 6.07) is 5.90. The van der Waals surface area contributed by atoms with Gasteiger partial charge in [-0.25, -0.2) is 0 Å². The van der Waals surface area contributed by atoms with E-state index < -0.39 is 6.36 Å². The van der Waals surface area contributed by atoms with Gasteiger partial charge >= 0.3 is 6.36 Å². The molecule has 16 heavy (non-hydrogen) atoms. The first-order chi connectivity index (χ1) is 7.53. The summed E-state index contributed by atoms with van der Waals surface area (Å²) in [6.07, 6.45) is -3.99. The van der Waals surface area contributed by atoms with Gasteiger partial charge in [0.05, 0.1) is 5.69 Å². The number of anilines is 1. The minimum absolute atomic E-state index is 0.230. The normalized spacial score (nSPS) is 11.2. The lowest BCUT2D eigenvalue weighted by Crippen LogP contribution is -2.18. The Morgan fingerprint density at radius 1 is 1.25 bits per heavy atom. The van der Waals surface area contributed by atoms with Crippen molar-refractivity contribution < 1.29 is 17.9 Å². The Hall–Kier alpha value is -1.43. The molecule has 0 spiro atoms. The van der Waals surface area contributed by atoms with Crippen molar-refractivity contribution in [2.75, 3.05) is 18.4 Å². The van der Waals surface area contributed by atoms with Crippen LogP contribution in [0.5, 0.6) is 5.75 Å². The predicted octanol–water partition coefficient (Wildman–Crippen LogP) is 2.35. The average Bonchev–Trinajstić information content (AvgIpc) is 2.19. The van der Waals surface area contributed by atoms with E-state index in [9.17, 15) is 13.2 Å². The van der Waals surface area contributed by atoms with Gasteiger partial charge in [-0.2, -0.15) is 0 Å². The second-order valence-electron chi connectivity index (χ2n) is 3.11. The van der Waals surface area contributed by atoms with Crippen LogP contribution in [-0.2, 0) is 0 Å². The van der Waals surface area contributed by atoms with Crippen LogP contribution in [0.3, 0.4) is 0 Å². The van der Waals surface area contributed by atoms with Gasteiger partial charge in [0, 0.05) is 6.54 Å². The highest BCUT2D eigenvalue weighted by Gasteiger charge is 2.31. The van der Waals surface area contributed by atoms with E-state index in [0.29, 0.717) is 25.2 Å². The zero-order valence-corrected chi connectivity index (χ0v) is 8.55. The van der Waals surface area contributed by atoms with E-state index in [-0.39, 0.29) is 5.75 Å². The summed E-state index contributed by atoms with van der Waals surface area (Å²) in [7, 11) is 0. The summed E-state index contributed by atoms with van der Waals surface area (Å²) in [5, 5.41) is 2.83. The highest BCUT2D eigenvalue weighted by Crippen LogP contribution is 2.29. The van der Waals surface area contributed by atoms with Crippen molar-refractivity contribution in [3.8, 4) is 5.75 Å². The van der Waals surface area contributed by atoms with Gasteiger partial charge in [-0.05, 0) is 25.1 Å². The lowest BCUT2D eigenvalue weighted by Gasteiger charge is -2.14. The Morgan fingerprint density at radius 3 is 2.56 bits per heavy atom. The third-order valence-corrected chi connectivity index (χ3v) is 1.81. The molecule has 0 saturated heterocycles. The molecule has 0 fully saturated rings. The molecule has 0 aromatic heterocycles. The lowest BCUT2D eigenvalue weighted by atomic mass is 10.3. The zero-order chi connectivity index (χ0) is 12.0. The van der Waals surface area contributed by atoms with Crippen LogP contribution in [0.4, 0.5) is 18.9 Å². The summed E-state index contributed by atoms with van der Waals surface area (Å²) in [5.74, 6) is -0.230. The van der Waals surface area contributed by atoms with Crippen LogP contribution in [-0.4, -0.2) is 19.5 Å². The van der Waals surface area contributed by atoms with Crippen LogP contribution >= 0.6 is 0 Å². The molecule has 0 bridgehead atoms. The highest BCUT2D eigenvalue weighted by atomic mass is 19.4. The largest absolute Gasteiger partial charge is 0.573 e. The van der Waals surface area contributed by atoms with Crippen molar-refractivity contribution in [2.45, 2.75) is 12.8 Å². The first kappa shape index (κ1) is 12.6. The van der Waals surface area contributed by atoms with Crippen LogP contribution in [0.15, 0.2) is 24.3 Å².